The van der Waals surface area contributed by atoms with Gasteiger partial charge in [0.05, 0.1) is 24.2 Å². The Labute approximate surface area is 153 Å². The summed E-state index contributed by atoms with van der Waals surface area (Å²) in [6.07, 6.45) is 0.518. The van der Waals surface area contributed by atoms with Crippen LogP contribution in [0.3, 0.4) is 0 Å². The van der Waals surface area contributed by atoms with Gasteiger partial charge in [-0.15, -0.1) is 0 Å². The molecule has 2 atom stereocenters. The molecule has 0 saturated heterocycles. The first-order chi connectivity index (χ1) is 12.0. The molecule has 2 heterocycles. The van der Waals surface area contributed by atoms with E-state index in [0.717, 1.165) is 0 Å². The van der Waals surface area contributed by atoms with Gasteiger partial charge in [0.15, 0.2) is 0 Å². The number of hydrogen-bond acceptors (Lipinski definition) is 5. The molecule has 138 valence electrons. The second-order valence-corrected chi connectivity index (χ2v) is 8.25. The van der Waals surface area contributed by atoms with E-state index in [2.05, 4.69) is 6.07 Å². The number of ether oxygens (including phenoxy) is 2. The fourth-order valence-electron chi connectivity index (χ4n) is 3.38. The van der Waals surface area contributed by atoms with Crippen molar-refractivity contribution in [3.8, 4) is 11.8 Å². The highest BCUT2D eigenvalue weighted by Gasteiger charge is 2.48. The third kappa shape index (κ3) is 3.27. The molecular formula is C20H24N2O4. The molecule has 6 heteroatoms. The maximum atomic E-state index is 12.6. The quantitative estimate of drug-likeness (QED) is 0.881. The van der Waals surface area contributed by atoms with Crippen molar-refractivity contribution in [2.75, 3.05) is 6.54 Å². The van der Waals surface area contributed by atoms with Crippen molar-refractivity contribution in [2.24, 2.45) is 0 Å². The van der Waals surface area contributed by atoms with E-state index in [9.17, 15) is 15.2 Å². The molecule has 1 N–H and O–H groups in total. The fraction of sp³-hybridized carbons (Fsp3) is 0.500. The Kier molecular flexibility index (Phi) is 4.24. The number of carbonyl (C=O) groups excluding carboxylic acids is 1. The van der Waals surface area contributed by atoms with Crippen LogP contribution in [-0.4, -0.2) is 39.8 Å². The van der Waals surface area contributed by atoms with E-state index in [1.807, 2.05) is 20.8 Å². The first-order valence-corrected chi connectivity index (χ1v) is 8.63. The Morgan fingerprint density at radius 1 is 1.38 bits per heavy atom. The monoisotopic (exact) mass is 356 g/mol. The van der Waals surface area contributed by atoms with Crippen LogP contribution in [0.5, 0.6) is 5.75 Å². The number of amides is 1. The molecule has 26 heavy (non-hydrogen) atoms. The van der Waals surface area contributed by atoms with Crippen molar-refractivity contribution in [2.45, 2.75) is 58.0 Å². The molecule has 1 aromatic carbocycles. The number of hydrogen-bond donors (Lipinski definition) is 1. The number of aliphatic hydroxyl groups is 1. The van der Waals surface area contributed by atoms with Crippen LogP contribution in [0, 0.1) is 11.3 Å². The zero-order chi connectivity index (χ0) is 19.3. The summed E-state index contributed by atoms with van der Waals surface area (Å²) in [7, 11) is 0. The lowest BCUT2D eigenvalue weighted by atomic mass is 9.85. The number of nitriles is 1. The lowest BCUT2D eigenvalue weighted by molar-refractivity contribution is -0.137. The minimum atomic E-state index is -0.949. The minimum absolute atomic E-state index is 0.223. The van der Waals surface area contributed by atoms with Crippen LogP contribution >= 0.6 is 0 Å². The van der Waals surface area contributed by atoms with Crippen LogP contribution in [0.4, 0.5) is 0 Å². The van der Waals surface area contributed by atoms with E-state index >= 15 is 0 Å². The number of fused-ring (bicyclic) bond motifs is 1. The Balaban J connectivity index is 1.99. The summed E-state index contributed by atoms with van der Waals surface area (Å²) in [4.78, 5) is 14.2. The summed E-state index contributed by atoms with van der Waals surface area (Å²) >= 11 is 0. The number of carbonyl (C=O) groups is 1. The smallest absolute Gasteiger partial charge is 0.251 e. The van der Waals surface area contributed by atoms with Crippen molar-refractivity contribution >= 4 is 5.91 Å². The molecule has 2 aliphatic heterocycles. The fourth-order valence-corrected chi connectivity index (χ4v) is 3.38. The van der Waals surface area contributed by atoms with Gasteiger partial charge in [0.2, 0.25) is 0 Å². The number of benzene rings is 1. The molecule has 6 nitrogen and oxygen atoms in total. The lowest BCUT2D eigenvalue weighted by Gasteiger charge is -2.45. The van der Waals surface area contributed by atoms with Crippen LogP contribution in [0.25, 0.3) is 0 Å². The molecule has 2 aliphatic rings. The zero-order valence-corrected chi connectivity index (χ0v) is 15.7. The van der Waals surface area contributed by atoms with Crippen molar-refractivity contribution in [3.05, 3.63) is 41.2 Å². The third-order valence-corrected chi connectivity index (χ3v) is 4.51. The van der Waals surface area contributed by atoms with Crippen LogP contribution in [0.15, 0.2) is 30.0 Å². The Morgan fingerprint density at radius 2 is 2.08 bits per heavy atom. The van der Waals surface area contributed by atoms with Crippen LogP contribution in [0.1, 0.15) is 51.8 Å². The molecule has 0 spiro atoms. The average Bonchev–Trinajstić information content (AvgIpc) is 2.86. The van der Waals surface area contributed by atoms with Gasteiger partial charge in [-0.3, -0.25) is 4.79 Å². The molecule has 0 saturated carbocycles. The summed E-state index contributed by atoms with van der Waals surface area (Å²) in [5.41, 5.74) is -0.203. The Bertz CT molecular complexity index is 814. The van der Waals surface area contributed by atoms with Gasteiger partial charge in [-0.05, 0) is 52.8 Å². The molecule has 0 aromatic heterocycles. The Morgan fingerprint density at radius 3 is 2.69 bits per heavy atom. The molecule has 1 aromatic rings. The number of nitrogens with zero attached hydrogens (tertiary/aromatic N) is 2. The van der Waals surface area contributed by atoms with Gasteiger partial charge >= 0.3 is 0 Å². The van der Waals surface area contributed by atoms with E-state index in [1.165, 1.54) is 6.08 Å². The summed E-state index contributed by atoms with van der Waals surface area (Å²) in [6, 6.07) is 6.54. The predicted octanol–water partition coefficient (Wildman–Crippen LogP) is 2.67. The maximum Gasteiger partial charge on any atom is 0.251 e. The summed E-state index contributed by atoms with van der Waals surface area (Å²) in [5.74, 6) is 0.915. The average molecular weight is 356 g/mol. The predicted molar refractivity (Wildman–Crippen MR) is 95.2 cm³/mol. The lowest BCUT2D eigenvalue weighted by Crippen LogP contribution is -2.54. The first-order valence-electron chi connectivity index (χ1n) is 8.63. The summed E-state index contributed by atoms with van der Waals surface area (Å²) in [5, 5.41) is 20.2. The first kappa shape index (κ1) is 18.3. The molecular weight excluding hydrogens is 332 g/mol. The summed E-state index contributed by atoms with van der Waals surface area (Å²) in [6.45, 7) is 9.59. The standard InChI is InChI=1S/C20H24N2O4/c1-19(2,3)25-13-9-16(23)22(11-13)17-14-8-12(10-21)6-7-15(14)26-20(4,5)18(17)24/h6-9,17-18,24H,11H2,1-5H3. The van der Waals surface area contributed by atoms with Gasteiger partial charge in [-0.2, -0.15) is 5.26 Å². The van der Waals surface area contributed by atoms with Gasteiger partial charge in [-0.1, -0.05) is 0 Å². The highest BCUT2D eigenvalue weighted by molar-refractivity contribution is 5.91. The largest absolute Gasteiger partial charge is 0.490 e. The van der Waals surface area contributed by atoms with Gasteiger partial charge in [-0.25, -0.2) is 0 Å². The van der Waals surface area contributed by atoms with Crippen LogP contribution in [0.2, 0.25) is 0 Å². The molecule has 0 fully saturated rings. The number of rotatable bonds is 2. The van der Waals surface area contributed by atoms with Gasteiger partial charge in [0.25, 0.3) is 5.91 Å². The zero-order valence-electron chi connectivity index (χ0n) is 15.7. The molecule has 2 unspecified atom stereocenters. The SMILES string of the molecule is CC(C)(C)OC1=CC(=O)N(C2c3cc(C#N)ccc3OC(C)(C)C2O)C1. The third-order valence-electron chi connectivity index (χ3n) is 4.51. The Hall–Kier alpha value is -2.52. The van der Waals surface area contributed by atoms with E-state index < -0.39 is 23.3 Å². The van der Waals surface area contributed by atoms with Gasteiger partial charge in [0, 0.05) is 11.6 Å². The normalized spacial score (nSPS) is 24.4. The highest BCUT2D eigenvalue weighted by atomic mass is 16.5. The molecule has 0 bridgehead atoms. The number of aliphatic hydroxyl groups excluding tert-OH is 1. The molecule has 1 amide bonds. The highest BCUT2D eigenvalue weighted by Crippen LogP contribution is 2.44. The van der Waals surface area contributed by atoms with Crippen LogP contribution < -0.4 is 4.74 Å². The molecule has 3 rings (SSSR count). The van der Waals surface area contributed by atoms with E-state index in [-0.39, 0.29) is 12.5 Å². The maximum absolute atomic E-state index is 12.6. The second-order valence-electron chi connectivity index (χ2n) is 8.25. The van der Waals surface area contributed by atoms with E-state index in [4.69, 9.17) is 9.47 Å². The van der Waals surface area contributed by atoms with Crippen molar-refractivity contribution in [1.29, 1.82) is 5.26 Å². The van der Waals surface area contributed by atoms with E-state index in [0.29, 0.717) is 22.6 Å². The van der Waals surface area contributed by atoms with Crippen molar-refractivity contribution in [3.63, 3.8) is 0 Å². The van der Waals surface area contributed by atoms with Crippen LogP contribution in [-0.2, 0) is 9.53 Å². The van der Waals surface area contributed by atoms with E-state index in [1.54, 1.807) is 36.9 Å². The molecule has 0 radical (unpaired) electrons. The second kappa shape index (κ2) is 6.03. The topological polar surface area (TPSA) is 82.8 Å². The minimum Gasteiger partial charge on any atom is -0.490 e. The summed E-state index contributed by atoms with van der Waals surface area (Å²) < 4.78 is 11.8. The molecule has 0 aliphatic carbocycles. The van der Waals surface area contributed by atoms with Gasteiger partial charge < -0.3 is 19.5 Å². The van der Waals surface area contributed by atoms with Crippen molar-refractivity contribution < 1.29 is 19.4 Å². The van der Waals surface area contributed by atoms with Crippen molar-refractivity contribution in [1.82, 2.24) is 4.90 Å². The van der Waals surface area contributed by atoms with Gasteiger partial charge in [0.1, 0.15) is 28.8 Å².